The van der Waals surface area contributed by atoms with Crippen molar-refractivity contribution in [1.29, 1.82) is 0 Å². The smallest absolute Gasteiger partial charge is 0.262 e. The number of hydrogen-bond acceptors (Lipinski definition) is 6. The van der Waals surface area contributed by atoms with E-state index >= 15 is 0 Å². The molecule has 0 saturated carbocycles. The van der Waals surface area contributed by atoms with E-state index in [4.69, 9.17) is 19.9 Å². The third kappa shape index (κ3) is 5.55. The minimum Gasteiger partial charge on any atom is -0.495 e. The molecule has 3 N–H and O–H groups in total. The van der Waals surface area contributed by atoms with Gasteiger partial charge in [-0.25, -0.2) is 0 Å². The van der Waals surface area contributed by atoms with Gasteiger partial charge < -0.3 is 30.2 Å². The van der Waals surface area contributed by atoms with Gasteiger partial charge in [-0.1, -0.05) is 12.1 Å². The molecule has 0 aromatic heterocycles. The van der Waals surface area contributed by atoms with Crippen LogP contribution in [0.15, 0.2) is 42.5 Å². The van der Waals surface area contributed by atoms with Gasteiger partial charge in [-0.2, -0.15) is 0 Å². The molecule has 0 radical (unpaired) electrons. The molecule has 0 bridgehead atoms. The fraction of sp³-hybridized carbons (Fsp3) is 0.333. The number of para-hydroxylation sites is 2. The summed E-state index contributed by atoms with van der Waals surface area (Å²) in [5.74, 6) is 0.865. The lowest BCUT2D eigenvalue weighted by Gasteiger charge is -2.17. The average Bonchev–Trinajstić information content (AvgIpc) is 3.18. The number of nitrogens with zero attached hydrogens (tertiary/aromatic N) is 1. The molecule has 0 aliphatic carbocycles. The molecule has 1 aliphatic rings. The number of amides is 2. The van der Waals surface area contributed by atoms with Gasteiger partial charge in [-0.3, -0.25) is 9.59 Å². The molecule has 1 aliphatic heterocycles. The van der Waals surface area contributed by atoms with E-state index in [1.807, 2.05) is 6.07 Å². The van der Waals surface area contributed by atoms with Crippen LogP contribution in [-0.2, 0) is 4.79 Å². The van der Waals surface area contributed by atoms with Crippen LogP contribution in [0.4, 0.5) is 5.69 Å². The minimum atomic E-state index is -0.345. The Morgan fingerprint density at radius 1 is 1.10 bits per heavy atom. The van der Waals surface area contributed by atoms with Crippen LogP contribution in [0.2, 0.25) is 0 Å². The third-order valence-electron chi connectivity index (χ3n) is 4.66. The second kappa shape index (κ2) is 10.7. The average molecular weight is 436 g/mol. The highest BCUT2D eigenvalue weighted by atomic mass is 35.5. The highest BCUT2D eigenvalue weighted by Gasteiger charge is 2.25. The molecule has 1 saturated heterocycles. The van der Waals surface area contributed by atoms with E-state index in [-0.39, 0.29) is 36.9 Å². The molecule has 1 fully saturated rings. The standard InChI is InChI=1S/C21H25N3O5.ClH/c1-27-17-6-4-3-5-16(17)23-20(25)13-29-18-8-7-14(11-19(18)28-2)21(26)24-10-9-15(22)12-24;/h3-8,11,15H,9-10,12-13,22H2,1-2H3,(H,23,25);1H/t15-;/m1./s1. The summed E-state index contributed by atoms with van der Waals surface area (Å²) in [6, 6.07) is 12.0. The number of nitrogens with one attached hydrogen (secondary N) is 1. The SMILES string of the molecule is COc1ccccc1NC(=O)COc1ccc(C(=O)N2CC[C@@H](N)C2)cc1OC.Cl. The van der Waals surface area contributed by atoms with Crippen molar-refractivity contribution in [3.8, 4) is 17.2 Å². The highest BCUT2D eigenvalue weighted by Crippen LogP contribution is 2.29. The van der Waals surface area contributed by atoms with Gasteiger partial charge in [0.05, 0.1) is 19.9 Å². The first-order valence-electron chi connectivity index (χ1n) is 9.30. The molecule has 8 nitrogen and oxygen atoms in total. The number of nitrogens with two attached hydrogens (primary N) is 1. The first kappa shape index (κ1) is 23.3. The Hall–Kier alpha value is -2.97. The van der Waals surface area contributed by atoms with Gasteiger partial charge in [0.15, 0.2) is 18.1 Å². The fourth-order valence-corrected chi connectivity index (χ4v) is 3.15. The summed E-state index contributed by atoms with van der Waals surface area (Å²) in [6.07, 6.45) is 0.797. The number of methoxy groups -OCH3 is 2. The number of hydrogen-bond donors (Lipinski definition) is 2. The van der Waals surface area contributed by atoms with Crippen LogP contribution in [0.25, 0.3) is 0 Å². The van der Waals surface area contributed by atoms with Gasteiger partial charge in [0.1, 0.15) is 5.75 Å². The normalized spacial score (nSPS) is 15.2. The second-order valence-electron chi connectivity index (χ2n) is 6.70. The molecular formula is C21H26ClN3O5. The molecule has 162 valence electrons. The molecule has 1 atom stereocenters. The predicted molar refractivity (Wildman–Crippen MR) is 116 cm³/mol. The lowest BCUT2D eigenvalue weighted by Crippen LogP contribution is -2.31. The Kier molecular flexibility index (Phi) is 8.32. The van der Waals surface area contributed by atoms with Gasteiger partial charge in [0, 0.05) is 24.7 Å². The summed E-state index contributed by atoms with van der Waals surface area (Å²) < 4.78 is 16.1. The lowest BCUT2D eigenvalue weighted by molar-refractivity contribution is -0.118. The Labute approximate surface area is 181 Å². The van der Waals surface area contributed by atoms with Crippen LogP contribution in [0.3, 0.4) is 0 Å². The Morgan fingerprint density at radius 3 is 2.50 bits per heavy atom. The van der Waals surface area contributed by atoms with E-state index in [9.17, 15) is 9.59 Å². The van der Waals surface area contributed by atoms with Crippen LogP contribution in [-0.4, -0.2) is 56.7 Å². The van der Waals surface area contributed by atoms with Crippen LogP contribution >= 0.6 is 12.4 Å². The number of halogens is 1. The summed E-state index contributed by atoms with van der Waals surface area (Å²) in [5, 5.41) is 2.74. The van der Waals surface area contributed by atoms with E-state index in [0.717, 1.165) is 6.42 Å². The maximum atomic E-state index is 12.6. The molecule has 0 unspecified atom stereocenters. The summed E-state index contributed by atoms with van der Waals surface area (Å²) in [5.41, 5.74) is 6.92. The summed E-state index contributed by atoms with van der Waals surface area (Å²) in [4.78, 5) is 26.6. The van der Waals surface area contributed by atoms with Crippen molar-refractivity contribution in [1.82, 2.24) is 4.90 Å². The number of rotatable bonds is 7. The summed E-state index contributed by atoms with van der Waals surface area (Å²) in [7, 11) is 3.02. The number of anilines is 1. The zero-order chi connectivity index (χ0) is 20.8. The third-order valence-corrected chi connectivity index (χ3v) is 4.66. The molecule has 3 rings (SSSR count). The number of benzene rings is 2. The zero-order valence-electron chi connectivity index (χ0n) is 16.9. The maximum Gasteiger partial charge on any atom is 0.262 e. The Balaban J connectivity index is 0.00000320. The Bertz CT molecular complexity index is 893. The second-order valence-corrected chi connectivity index (χ2v) is 6.70. The minimum absolute atomic E-state index is 0. The van der Waals surface area contributed by atoms with Crippen molar-refractivity contribution in [3.05, 3.63) is 48.0 Å². The van der Waals surface area contributed by atoms with Gasteiger partial charge in [0.25, 0.3) is 11.8 Å². The van der Waals surface area contributed by atoms with Crippen LogP contribution in [0.1, 0.15) is 16.8 Å². The van der Waals surface area contributed by atoms with Gasteiger partial charge in [-0.15, -0.1) is 12.4 Å². The van der Waals surface area contributed by atoms with Crippen molar-refractivity contribution in [3.63, 3.8) is 0 Å². The quantitative estimate of drug-likeness (QED) is 0.691. The van der Waals surface area contributed by atoms with Crippen LogP contribution in [0.5, 0.6) is 17.2 Å². The molecule has 2 amide bonds. The molecule has 30 heavy (non-hydrogen) atoms. The summed E-state index contributed by atoms with van der Waals surface area (Å²) in [6.45, 7) is 0.967. The largest absolute Gasteiger partial charge is 0.495 e. The number of ether oxygens (including phenoxy) is 3. The molecular weight excluding hydrogens is 410 g/mol. The van der Waals surface area contributed by atoms with E-state index in [0.29, 0.717) is 41.6 Å². The highest BCUT2D eigenvalue weighted by molar-refractivity contribution is 5.95. The maximum absolute atomic E-state index is 12.6. The van der Waals surface area contributed by atoms with Gasteiger partial charge in [0.2, 0.25) is 0 Å². The first-order valence-corrected chi connectivity index (χ1v) is 9.30. The van der Waals surface area contributed by atoms with E-state index in [1.165, 1.54) is 14.2 Å². The first-order chi connectivity index (χ1) is 14.0. The van der Waals surface area contributed by atoms with Crippen molar-refractivity contribution in [2.45, 2.75) is 12.5 Å². The van der Waals surface area contributed by atoms with Crippen molar-refractivity contribution < 1.29 is 23.8 Å². The summed E-state index contributed by atoms with van der Waals surface area (Å²) >= 11 is 0. The molecule has 2 aromatic rings. The van der Waals surface area contributed by atoms with E-state index in [2.05, 4.69) is 5.32 Å². The monoisotopic (exact) mass is 435 g/mol. The molecule has 0 spiro atoms. The van der Waals surface area contributed by atoms with Gasteiger partial charge in [-0.05, 0) is 36.8 Å². The number of carbonyl (C=O) groups is 2. The predicted octanol–water partition coefficient (Wildman–Crippen LogP) is 2.32. The van der Waals surface area contributed by atoms with E-state index < -0.39 is 0 Å². The van der Waals surface area contributed by atoms with Gasteiger partial charge >= 0.3 is 0 Å². The lowest BCUT2D eigenvalue weighted by atomic mass is 10.1. The van der Waals surface area contributed by atoms with Crippen LogP contribution in [0, 0.1) is 0 Å². The van der Waals surface area contributed by atoms with Crippen LogP contribution < -0.4 is 25.3 Å². The Morgan fingerprint density at radius 2 is 1.83 bits per heavy atom. The number of likely N-dealkylation sites (tertiary alicyclic amines) is 1. The zero-order valence-corrected chi connectivity index (χ0v) is 17.7. The fourth-order valence-electron chi connectivity index (χ4n) is 3.15. The molecule has 1 heterocycles. The number of carbonyl (C=O) groups excluding carboxylic acids is 2. The van der Waals surface area contributed by atoms with Crippen molar-refractivity contribution >= 4 is 29.9 Å². The van der Waals surface area contributed by atoms with E-state index in [1.54, 1.807) is 41.3 Å². The molecule has 2 aromatic carbocycles. The topological polar surface area (TPSA) is 103 Å². The van der Waals surface area contributed by atoms with Crippen molar-refractivity contribution in [2.24, 2.45) is 5.73 Å². The molecule has 9 heteroatoms. The van der Waals surface area contributed by atoms with Crippen molar-refractivity contribution in [2.75, 3.05) is 39.2 Å².